The summed E-state index contributed by atoms with van der Waals surface area (Å²) in [6.45, 7) is 3.43. The Morgan fingerprint density at radius 2 is 1.79 bits per heavy atom. The molecule has 0 bridgehead atoms. The van der Waals surface area contributed by atoms with Gasteiger partial charge in [-0.25, -0.2) is 4.98 Å². The summed E-state index contributed by atoms with van der Waals surface area (Å²) in [6.07, 6.45) is 8.15. The van der Waals surface area contributed by atoms with E-state index in [0.29, 0.717) is 38.8 Å². The molecule has 5 rings (SSSR count). The van der Waals surface area contributed by atoms with Crippen LogP contribution in [0, 0.1) is 19.8 Å². The Morgan fingerprint density at radius 1 is 1.07 bits per heavy atom. The summed E-state index contributed by atoms with van der Waals surface area (Å²) in [5.74, 6) is 0.0149. The Kier molecular flexibility index (Phi) is 11.8. The molecule has 1 fully saturated rings. The molecule has 1 saturated carbocycles. The maximum atomic E-state index is 13.7. The van der Waals surface area contributed by atoms with Crippen molar-refractivity contribution in [2.24, 2.45) is 5.92 Å². The van der Waals surface area contributed by atoms with Crippen molar-refractivity contribution in [3.05, 3.63) is 57.1 Å². The second-order valence-corrected chi connectivity index (χ2v) is 12.5. The fourth-order valence-corrected chi connectivity index (χ4v) is 7.32. The molecule has 0 radical (unpaired) electrons. The number of rotatable bonds is 10. The molecule has 1 N–H and O–H groups in total. The number of anilines is 1. The molecule has 0 saturated heterocycles. The van der Waals surface area contributed by atoms with Crippen LogP contribution in [-0.4, -0.2) is 35.6 Å². The molecule has 43 heavy (non-hydrogen) atoms. The summed E-state index contributed by atoms with van der Waals surface area (Å²) < 4.78 is 12.7. The second kappa shape index (κ2) is 14.9. The van der Waals surface area contributed by atoms with Crippen LogP contribution < -0.4 is 71.3 Å². The monoisotopic (exact) mass is 647 g/mol. The molecule has 1 amide bonds. The fraction of sp³-hybridized carbons (Fsp3) is 0.406. The number of thiazole rings is 1. The van der Waals surface area contributed by atoms with Crippen LogP contribution in [0.25, 0.3) is 22.2 Å². The van der Waals surface area contributed by atoms with E-state index in [1.54, 1.807) is 26.4 Å². The molecular weight excluding hydrogens is 613 g/mol. The zero-order valence-corrected chi connectivity index (χ0v) is 30.0. The Hall–Kier alpha value is -1.92. The van der Waals surface area contributed by atoms with Crippen LogP contribution in [0.3, 0.4) is 0 Å². The van der Waals surface area contributed by atoms with Gasteiger partial charge in [0.25, 0.3) is 5.91 Å². The van der Waals surface area contributed by atoms with Gasteiger partial charge in [-0.3, -0.25) is 10.1 Å². The quantitative estimate of drug-likeness (QED) is 0.264. The molecule has 4 aromatic rings. The third-order valence-corrected chi connectivity index (χ3v) is 9.32. The van der Waals surface area contributed by atoms with Gasteiger partial charge in [-0.15, -0.1) is 11.3 Å². The molecule has 2 heterocycles. The molecule has 11 heteroatoms. The topological polar surface area (TPSA) is 106 Å². The van der Waals surface area contributed by atoms with Crippen LogP contribution in [0.15, 0.2) is 30.3 Å². The first-order chi connectivity index (χ1) is 20.2. The van der Waals surface area contributed by atoms with Crippen molar-refractivity contribution in [1.29, 1.82) is 0 Å². The maximum Gasteiger partial charge on any atom is 1.00 e. The average Bonchev–Trinajstić information content (AvgIpc) is 3.52. The number of benzene rings is 2. The van der Waals surface area contributed by atoms with E-state index in [1.165, 1.54) is 48.0 Å². The number of nitrogens with zero attached hydrogens (tertiary/aromatic N) is 2. The summed E-state index contributed by atoms with van der Waals surface area (Å²) in [4.78, 5) is 31.2. The number of aryl methyl sites for hydroxylation is 3. The molecule has 1 aliphatic rings. The summed E-state index contributed by atoms with van der Waals surface area (Å²) in [5, 5.41) is 16.3. The van der Waals surface area contributed by atoms with Crippen LogP contribution in [0.4, 0.5) is 5.13 Å². The molecule has 0 aliphatic heterocycles. The number of ether oxygens (including phenoxy) is 2. The van der Waals surface area contributed by atoms with Gasteiger partial charge in [0.2, 0.25) is 0 Å². The SMILES string of the molecule is COc1cc(-c2nc(NC(=O)c3cc4cc(C)cc(C)c4n3CC(=O)[O-])sc2CCC2CCCCC2)c(OC)cc1Cl.[K+]. The van der Waals surface area contributed by atoms with Gasteiger partial charge in [0, 0.05) is 21.9 Å². The number of fused-ring (bicyclic) bond motifs is 1. The Bertz CT molecular complexity index is 1640. The predicted molar refractivity (Wildman–Crippen MR) is 165 cm³/mol. The smallest absolute Gasteiger partial charge is 0.548 e. The molecule has 2 aromatic carbocycles. The van der Waals surface area contributed by atoms with Gasteiger partial charge in [-0.1, -0.05) is 55.3 Å². The van der Waals surface area contributed by atoms with Crippen LogP contribution in [0.1, 0.15) is 65.0 Å². The van der Waals surface area contributed by atoms with Crippen LogP contribution in [0.2, 0.25) is 5.02 Å². The van der Waals surface area contributed by atoms with Gasteiger partial charge >= 0.3 is 51.4 Å². The molecule has 0 spiro atoms. The van der Waals surface area contributed by atoms with Gasteiger partial charge in [0.05, 0.1) is 43.0 Å². The number of hydrogen-bond acceptors (Lipinski definition) is 7. The maximum absolute atomic E-state index is 13.7. The standard InChI is InChI=1S/C32H36ClN3O5S.K/c1-18-12-19(2)30-21(13-18)14-24(36(30)17-28(37)38)31(39)35-32-34-29(22-15-26(41-4)23(33)16-25(22)40-3)27(42-32)11-10-20-8-6-5-7-9-20;/h12-16,20H,5-11,17H2,1-4H3,(H,37,38)(H,34,35,39);/q;+1/p-1. The van der Waals surface area contributed by atoms with Crippen molar-refractivity contribution >= 4 is 50.8 Å². The van der Waals surface area contributed by atoms with Gasteiger partial charge in [-0.05, 0) is 56.4 Å². The first kappa shape index (κ1) is 34.0. The summed E-state index contributed by atoms with van der Waals surface area (Å²) in [6, 6.07) is 9.15. The second-order valence-electron chi connectivity index (χ2n) is 11.0. The largest absolute Gasteiger partial charge is 1.00 e. The molecular formula is C32H35ClKN3O5S. The van der Waals surface area contributed by atoms with E-state index in [0.717, 1.165) is 39.8 Å². The minimum Gasteiger partial charge on any atom is -0.548 e. The minimum absolute atomic E-state index is 0. The van der Waals surface area contributed by atoms with Gasteiger partial charge in [0.1, 0.15) is 17.2 Å². The molecule has 0 atom stereocenters. The number of aliphatic carboxylic acids is 1. The first-order valence-corrected chi connectivity index (χ1v) is 15.4. The zero-order valence-electron chi connectivity index (χ0n) is 25.3. The third kappa shape index (κ3) is 7.66. The van der Waals surface area contributed by atoms with Gasteiger partial charge in [0.15, 0.2) is 5.13 Å². The number of carbonyl (C=O) groups is 2. The summed E-state index contributed by atoms with van der Waals surface area (Å²) >= 11 is 7.81. The molecule has 2 aromatic heterocycles. The van der Waals surface area contributed by atoms with E-state index in [1.807, 2.05) is 32.0 Å². The van der Waals surface area contributed by atoms with Crippen LogP contribution >= 0.6 is 22.9 Å². The number of hydrogen-bond donors (Lipinski definition) is 1. The van der Waals surface area contributed by atoms with Crippen molar-refractivity contribution in [3.63, 3.8) is 0 Å². The molecule has 8 nitrogen and oxygen atoms in total. The Balaban J connectivity index is 0.00000423. The van der Waals surface area contributed by atoms with E-state index in [4.69, 9.17) is 26.1 Å². The van der Waals surface area contributed by atoms with Crippen LogP contribution in [-0.2, 0) is 17.8 Å². The van der Waals surface area contributed by atoms with E-state index in [9.17, 15) is 14.7 Å². The number of carboxylic acids is 1. The number of aromatic nitrogens is 2. The van der Waals surface area contributed by atoms with Gasteiger partial charge in [-0.2, -0.15) is 0 Å². The Labute approximate surface area is 303 Å². The predicted octanol–water partition coefficient (Wildman–Crippen LogP) is 3.57. The van der Waals surface area contributed by atoms with Crippen molar-refractivity contribution in [3.8, 4) is 22.8 Å². The fourth-order valence-electron chi connectivity index (χ4n) is 6.10. The van der Waals surface area contributed by atoms with Gasteiger partial charge < -0.3 is 23.9 Å². The number of methoxy groups -OCH3 is 2. The van der Waals surface area contributed by atoms with E-state index in [2.05, 4.69) is 5.32 Å². The third-order valence-electron chi connectivity index (χ3n) is 8.00. The summed E-state index contributed by atoms with van der Waals surface area (Å²) in [5.41, 5.74) is 4.27. The number of halogens is 1. The van der Waals surface area contributed by atoms with E-state index >= 15 is 0 Å². The summed E-state index contributed by atoms with van der Waals surface area (Å²) in [7, 11) is 3.14. The number of amides is 1. The normalized spacial score (nSPS) is 13.5. The molecule has 0 unspecified atom stereocenters. The molecule has 222 valence electrons. The van der Waals surface area contributed by atoms with Crippen molar-refractivity contribution in [1.82, 2.24) is 9.55 Å². The first-order valence-electron chi connectivity index (χ1n) is 14.2. The average molecular weight is 648 g/mol. The van der Waals surface area contributed by atoms with Crippen molar-refractivity contribution < 1.29 is 75.6 Å². The van der Waals surface area contributed by atoms with Crippen LogP contribution in [0.5, 0.6) is 11.5 Å². The zero-order chi connectivity index (χ0) is 30.0. The van der Waals surface area contributed by atoms with Crippen molar-refractivity contribution in [2.75, 3.05) is 19.5 Å². The van der Waals surface area contributed by atoms with E-state index < -0.39 is 18.4 Å². The minimum atomic E-state index is -1.27. The number of nitrogens with one attached hydrogen (secondary N) is 1. The Morgan fingerprint density at radius 3 is 2.47 bits per heavy atom. The number of carbonyl (C=O) groups excluding carboxylic acids is 2. The molecule has 1 aliphatic carbocycles. The van der Waals surface area contributed by atoms with Crippen molar-refractivity contribution in [2.45, 2.75) is 65.3 Å². The number of carboxylic acid groups (broad SMARTS) is 1. The van der Waals surface area contributed by atoms with E-state index in [-0.39, 0.29) is 57.1 Å².